The van der Waals surface area contributed by atoms with Gasteiger partial charge < -0.3 is 9.88 Å². The zero-order valence-electron chi connectivity index (χ0n) is 18.5. The minimum absolute atomic E-state index is 0.128. The lowest BCUT2D eigenvalue weighted by Gasteiger charge is -2.40. The molecule has 5 heterocycles. The largest absolute Gasteiger partial charge is 0.357 e. The second-order valence-corrected chi connectivity index (χ2v) is 10.1. The number of amides is 1. The maximum Gasteiger partial charge on any atom is 0.240 e. The minimum atomic E-state index is -0.128. The third kappa shape index (κ3) is 4.81. The van der Waals surface area contributed by atoms with E-state index in [1.807, 2.05) is 47.5 Å². The predicted molar refractivity (Wildman–Crippen MR) is 133 cm³/mol. The van der Waals surface area contributed by atoms with E-state index in [2.05, 4.69) is 27.9 Å². The molecule has 1 aliphatic heterocycles. The van der Waals surface area contributed by atoms with Gasteiger partial charge in [0.1, 0.15) is 0 Å². The highest BCUT2D eigenvalue weighted by molar-refractivity contribution is 7.19. The van der Waals surface area contributed by atoms with Crippen LogP contribution in [0.2, 0.25) is 4.34 Å². The molecule has 33 heavy (non-hydrogen) atoms. The van der Waals surface area contributed by atoms with Gasteiger partial charge in [-0.05, 0) is 42.8 Å². The number of fused-ring (bicyclic) bond motifs is 1. The molecule has 4 aromatic rings. The fraction of sp³-hybridized carbons (Fsp3) is 0.320. The number of piperazine rings is 1. The molecule has 170 valence electrons. The number of halogens is 1. The fourth-order valence-electron chi connectivity index (χ4n) is 4.50. The number of carbonyl (C=O) groups excluding carboxylic acids is 1. The first-order valence-electron chi connectivity index (χ1n) is 11.3. The summed E-state index contributed by atoms with van der Waals surface area (Å²) in [6.07, 6.45) is 5.42. The Hall–Kier alpha value is -2.74. The number of hydrogen-bond donors (Lipinski definition) is 1. The van der Waals surface area contributed by atoms with Crippen molar-refractivity contribution in [3.8, 4) is 10.6 Å². The van der Waals surface area contributed by atoms with Crippen molar-refractivity contribution in [2.75, 3.05) is 13.1 Å². The molecule has 0 unspecified atom stereocenters. The lowest BCUT2D eigenvalue weighted by atomic mass is 10.0. The summed E-state index contributed by atoms with van der Waals surface area (Å²) in [5.74, 6) is 0.195. The molecule has 1 fully saturated rings. The number of hydrogen-bond acceptors (Lipinski definition) is 5. The quantitative estimate of drug-likeness (QED) is 0.388. The Morgan fingerprint density at radius 2 is 2.09 bits per heavy atom. The second kappa shape index (κ2) is 9.63. The third-order valence-corrected chi connectivity index (χ3v) is 7.35. The highest BCUT2D eigenvalue weighted by Gasteiger charge is 2.34. The monoisotopic (exact) mass is 479 g/mol. The van der Waals surface area contributed by atoms with Crippen molar-refractivity contribution in [2.24, 2.45) is 0 Å². The van der Waals surface area contributed by atoms with Crippen molar-refractivity contribution >= 4 is 39.7 Å². The summed E-state index contributed by atoms with van der Waals surface area (Å²) in [4.78, 5) is 31.2. The number of nitrogens with zero attached hydrogens (tertiary/aromatic N) is 4. The maximum absolute atomic E-state index is 13.5. The second-order valence-electron chi connectivity index (χ2n) is 8.41. The minimum Gasteiger partial charge on any atom is -0.357 e. The van der Waals surface area contributed by atoms with Crippen LogP contribution in [0, 0.1) is 0 Å². The Morgan fingerprint density at radius 3 is 2.88 bits per heavy atom. The van der Waals surface area contributed by atoms with Crippen molar-refractivity contribution in [3.63, 3.8) is 0 Å². The molecule has 8 heteroatoms. The maximum atomic E-state index is 13.5. The van der Waals surface area contributed by atoms with Crippen LogP contribution in [0.1, 0.15) is 31.2 Å². The Bertz CT molecular complexity index is 1240. The van der Waals surface area contributed by atoms with Crippen LogP contribution < -0.4 is 0 Å². The average molecular weight is 480 g/mol. The van der Waals surface area contributed by atoms with Gasteiger partial charge in [-0.15, -0.1) is 11.3 Å². The molecule has 1 atom stereocenters. The fourth-order valence-corrected chi connectivity index (χ4v) is 5.51. The zero-order valence-corrected chi connectivity index (χ0v) is 20.1. The van der Waals surface area contributed by atoms with Crippen LogP contribution in [0.25, 0.3) is 21.5 Å². The highest BCUT2D eigenvalue weighted by Crippen LogP contribution is 2.30. The van der Waals surface area contributed by atoms with Crippen LogP contribution in [0.5, 0.6) is 0 Å². The van der Waals surface area contributed by atoms with Gasteiger partial charge in [0.25, 0.3) is 0 Å². The van der Waals surface area contributed by atoms with Gasteiger partial charge in [0.2, 0.25) is 5.91 Å². The molecular formula is C25H26ClN5OS. The van der Waals surface area contributed by atoms with Gasteiger partial charge in [0, 0.05) is 48.6 Å². The Labute approximate surface area is 202 Å². The summed E-state index contributed by atoms with van der Waals surface area (Å²) >= 11 is 7.63. The molecule has 5 rings (SSSR count). The van der Waals surface area contributed by atoms with Crippen LogP contribution >= 0.6 is 22.9 Å². The van der Waals surface area contributed by atoms with Crippen LogP contribution in [-0.2, 0) is 17.9 Å². The van der Waals surface area contributed by atoms with Gasteiger partial charge in [-0.2, -0.15) is 0 Å². The number of pyridine rings is 2. The van der Waals surface area contributed by atoms with E-state index in [0.29, 0.717) is 19.6 Å². The summed E-state index contributed by atoms with van der Waals surface area (Å²) < 4.78 is 0.758. The molecule has 1 saturated heterocycles. The van der Waals surface area contributed by atoms with E-state index in [1.165, 1.54) is 11.3 Å². The Balaban J connectivity index is 1.31. The molecule has 0 bridgehead atoms. The normalized spacial score (nSPS) is 17.2. The molecule has 0 spiro atoms. The molecule has 1 aliphatic rings. The van der Waals surface area contributed by atoms with Crippen molar-refractivity contribution < 1.29 is 4.79 Å². The molecule has 4 aromatic heterocycles. The zero-order chi connectivity index (χ0) is 22.8. The van der Waals surface area contributed by atoms with E-state index in [1.54, 1.807) is 6.20 Å². The molecule has 1 N–H and O–H groups in total. The summed E-state index contributed by atoms with van der Waals surface area (Å²) in [6.45, 7) is 4.92. The van der Waals surface area contributed by atoms with E-state index in [0.717, 1.165) is 56.6 Å². The SMILES string of the molecule is CCC[C@H]1C(=O)N(Cc2cc3cnccc3[nH]2)CCN1Cc1cccc(-c2ccc(Cl)s2)n1. The Morgan fingerprint density at radius 1 is 1.18 bits per heavy atom. The molecular weight excluding hydrogens is 454 g/mol. The van der Waals surface area contributed by atoms with Crippen LogP contribution in [0.3, 0.4) is 0 Å². The van der Waals surface area contributed by atoms with Crippen molar-refractivity contribution in [2.45, 2.75) is 38.9 Å². The average Bonchev–Trinajstić information content (AvgIpc) is 3.44. The predicted octanol–water partition coefficient (Wildman–Crippen LogP) is 5.35. The van der Waals surface area contributed by atoms with E-state index in [9.17, 15) is 4.79 Å². The number of aromatic amines is 1. The summed E-state index contributed by atoms with van der Waals surface area (Å²) in [7, 11) is 0. The van der Waals surface area contributed by atoms with Gasteiger partial charge in [-0.1, -0.05) is 31.0 Å². The highest BCUT2D eigenvalue weighted by atomic mass is 35.5. The Kier molecular flexibility index (Phi) is 6.44. The van der Waals surface area contributed by atoms with Crippen molar-refractivity contribution in [1.29, 1.82) is 0 Å². The van der Waals surface area contributed by atoms with Crippen molar-refractivity contribution in [3.05, 3.63) is 70.6 Å². The number of nitrogens with one attached hydrogen (secondary N) is 1. The third-order valence-electron chi connectivity index (χ3n) is 6.09. The van der Waals surface area contributed by atoms with Crippen LogP contribution in [0.15, 0.2) is 54.9 Å². The van der Waals surface area contributed by atoms with Crippen LogP contribution in [0.4, 0.5) is 0 Å². The lowest BCUT2D eigenvalue weighted by Crippen LogP contribution is -2.56. The van der Waals surface area contributed by atoms with Crippen molar-refractivity contribution in [1.82, 2.24) is 24.8 Å². The molecule has 0 aromatic carbocycles. The first-order valence-corrected chi connectivity index (χ1v) is 12.5. The van der Waals surface area contributed by atoms with E-state index in [4.69, 9.17) is 16.6 Å². The number of carbonyl (C=O) groups is 1. The molecule has 0 aliphatic carbocycles. The number of H-pyrrole nitrogens is 1. The van der Waals surface area contributed by atoms with Gasteiger partial charge in [0.15, 0.2) is 0 Å². The van der Waals surface area contributed by atoms with E-state index < -0.39 is 0 Å². The first-order chi connectivity index (χ1) is 16.1. The molecule has 6 nitrogen and oxygen atoms in total. The van der Waals surface area contributed by atoms with Gasteiger partial charge >= 0.3 is 0 Å². The summed E-state index contributed by atoms with van der Waals surface area (Å²) in [6, 6.07) is 13.9. The molecule has 0 saturated carbocycles. The standard InChI is InChI=1S/C25H26ClN5OS/c1-2-4-22-25(32)31(16-19-13-17-14-27-10-9-20(17)29-19)12-11-30(22)15-18-5-3-6-21(28-18)23-7-8-24(26)33-23/h3,5-10,13-14,22,29H,2,4,11-12,15-16H2,1H3/t22-/m0/s1. The topological polar surface area (TPSA) is 65.1 Å². The van der Waals surface area contributed by atoms with E-state index in [-0.39, 0.29) is 11.9 Å². The molecule has 1 amide bonds. The van der Waals surface area contributed by atoms with Gasteiger partial charge in [0.05, 0.1) is 33.2 Å². The molecule has 0 radical (unpaired) electrons. The first kappa shape index (κ1) is 22.1. The number of rotatable bonds is 7. The van der Waals surface area contributed by atoms with Gasteiger partial charge in [-0.3, -0.25) is 19.7 Å². The lowest BCUT2D eigenvalue weighted by molar-refractivity contribution is -0.143. The van der Waals surface area contributed by atoms with E-state index >= 15 is 0 Å². The van der Waals surface area contributed by atoms with Gasteiger partial charge in [-0.25, -0.2) is 0 Å². The van der Waals surface area contributed by atoms with Crippen LogP contribution in [-0.4, -0.2) is 49.8 Å². The number of aromatic nitrogens is 3. The summed E-state index contributed by atoms with van der Waals surface area (Å²) in [5.41, 5.74) is 3.99. The summed E-state index contributed by atoms with van der Waals surface area (Å²) in [5, 5.41) is 1.07. The number of thiophene rings is 1. The smallest absolute Gasteiger partial charge is 0.240 e.